The van der Waals surface area contributed by atoms with Gasteiger partial charge in [-0.3, -0.25) is 14.5 Å². The van der Waals surface area contributed by atoms with E-state index in [4.69, 9.17) is 4.74 Å². The minimum Gasteiger partial charge on any atom is -0.461 e. The van der Waals surface area contributed by atoms with Crippen LogP contribution in [0.15, 0.2) is 54.6 Å². The summed E-state index contributed by atoms with van der Waals surface area (Å²) in [6.07, 6.45) is 3.30. The zero-order valence-corrected chi connectivity index (χ0v) is 16.1. The third-order valence-corrected chi connectivity index (χ3v) is 4.95. The van der Waals surface area contributed by atoms with E-state index in [9.17, 15) is 14.4 Å². The summed E-state index contributed by atoms with van der Waals surface area (Å²) in [5.41, 5.74) is 2.54. The number of carbonyl (C=O) groups is 3. The predicted octanol–water partition coefficient (Wildman–Crippen LogP) is 3.76. The monoisotopic (exact) mass is 379 g/mol. The van der Waals surface area contributed by atoms with Crippen LogP contribution in [0, 0.1) is 5.92 Å². The first-order chi connectivity index (χ1) is 13.6. The molecule has 0 N–H and O–H groups in total. The topological polar surface area (TPSA) is 63.7 Å². The highest BCUT2D eigenvalue weighted by atomic mass is 16.5. The van der Waals surface area contributed by atoms with Crippen molar-refractivity contribution in [3.63, 3.8) is 0 Å². The van der Waals surface area contributed by atoms with Gasteiger partial charge in [-0.25, -0.2) is 4.79 Å². The lowest BCUT2D eigenvalue weighted by Crippen LogP contribution is -2.31. The highest BCUT2D eigenvalue weighted by Crippen LogP contribution is 2.22. The van der Waals surface area contributed by atoms with E-state index in [0.717, 1.165) is 24.8 Å². The molecule has 0 saturated carbocycles. The molecule has 2 aromatic rings. The van der Waals surface area contributed by atoms with Gasteiger partial charge in [0, 0.05) is 6.42 Å². The van der Waals surface area contributed by atoms with Crippen molar-refractivity contribution in [1.29, 1.82) is 0 Å². The molecule has 0 unspecified atom stereocenters. The second kappa shape index (κ2) is 9.31. The van der Waals surface area contributed by atoms with Crippen LogP contribution in [-0.2, 0) is 27.3 Å². The Labute approximate surface area is 165 Å². The fourth-order valence-electron chi connectivity index (χ4n) is 3.26. The number of hydrogen-bond donors (Lipinski definition) is 0. The second-order valence-electron chi connectivity index (χ2n) is 7.10. The smallest absolute Gasteiger partial charge is 0.338 e. The molecule has 5 heteroatoms. The maximum absolute atomic E-state index is 12.5. The van der Waals surface area contributed by atoms with Gasteiger partial charge < -0.3 is 4.74 Å². The molecule has 1 atom stereocenters. The standard InChI is InChI=1S/C23H25NO4/c1-2-3-7-17-10-12-19(13-11-17)23(27)28-16-20-14-21(25)24(22(20)26)15-18-8-5-4-6-9-18/h4-6,8-13,20H,2-3,7,14-16H2,1H3/t20-/m0/s1. The van der Waals surface area contributed by atoms with Crippen LogP contribution in [-0.4, -0.2) is 29.3 Å². The molecule has 1 aliphatic rings. The zero-order valence-electron chi connectivity index (χ0n) is 16.1. The van der Waals surface area contributed by atoms with Crippen LogP contribution in [0.1, 0.15) is 47.7 Å². The maximum Gasteiger partial charge on any atom is 0.338 e. The normalized spacial score (nSPS) is 16.5. The minimum absolute atomic E-state index is 0.0771. The minimum atomic E-state index is -0.607. The number of likely N-dealkylation sites (tertiary alicyclic amines) is 1. The summed E-state index contributed by atoms with van der Waals surface area (Å²) < 4.78 is 5.31. The fraction of sp³-hybridized carbons (Fsp3) is 0.348. The highest BCUT2D eigenvalue weighted by molar-refractivity contribution is 6.03. The lowest BCUT2D eigenvalue weighted by atomic mass is 10.1. The van der Waals surface area contributed by atoms with Crippen molar-refractivity contribution in [2.75, 3.05) is 6.61 Å². The first kappa shape index (κ1) is 19.8. The zero-order chi connectivity index (χ0) is 19.9. The SMILES string of the molecule is CCCCc1ccc(C(=O)OC[C@@H]2CC(=O)N(Cc3ccccc3)C2=O)cc1. The number of nitrogens with zero attached hydrogens (tertiary/aromatic N) is 1. The van der Waals surface area contributed by atoms with Gasteiger partial charge in [-0.15, -0.1) is 0 Å². The van der Waals surface area contributed by atoms with Crippen LogP contribution in [0.4, 0.5) is 0 Å². The van der Waals surface area contributed by atoms with Crippen LogP contribution < -0.4 is 0 Å². The van der Waals surface area contributed by atoms with Crippen molar-refractivity contribution >= 4 is 17.8 Å². The highest BCUT2D eigenvalue weighted by Gasteiger charge is 2.39. The van der Waals surface area contributed by atoms with Gasteiger partial charge in [-0.05, 0) is 36.1 Å². The van der Waals surface area contributed by atoms with E-state index in [0.29, 0.717) is 5.56 Å². The lowest BCUT2D eigenvalue weighted by molar-refractivity contribution is -0.140. The Bertz CT molecular complexity index is 829. The molecule has 5 nitrogen and oxygen atoms in total. The molecule has 28 heavy (non-hydrogen) atoms. The number of hydrogen-bond acceptors (Lipinski definition) is 4. The number of esters is 1. The van der Waals surface area contributed by atoms with E-state index >= 15 is 0 Å². The van der Waals surface area contributed by atoms with Crippen molar-refractivity contribution in [1.82, 2.24) is 4.90 Å². The van der Waals surface area contributed by atoms with Crippen LogP contribution in [0.25, 0.3) is 0 Å². The van der Waals surface area contributed by atoms with Gasteiger partial charge in [-0.2, -0.15) is 0 Å². The van der Waals surface area contributed by atoms with E-state index in [1.54, 1.807) is 12.1 Å². The van der Waals surface area contributed by atoms with E-state index in [-0.39, 0.29) is 31.4 Å². The van der Waals surface area contributed by atoms with Gasteiger partial charge in [0.25, 0.3) is 0 Å². The number of ether oxygens (including phenoxy) is 1. The molecule has 2 amide bonds. The second-order valence-corrected chi connectivity index (χ2v) is 7.10. The number of aryl methyl sites for hydroxylation is 1. The molecule has 1 saturated heterocycles. The molecule has 3 rings (SSSR count). The first-order valence-corrected chi connectivity index (χ1v) is 9.72. The Morgan fingerprint density at radius 3 is 2.43 bits per heavy atom. The summed E-state index contributed by atoms with van der Waals surface area (Å²) in [4.78, 5) is 38.2. The lowest BCUT2D eigenvalue weighted by Gasteiger charge is -2.15. The average molecular weight is 379 g/mol. The van der Waals surface area contributed by atoms with Gasteiger partial charge in [0.1, 0.15) is 6.61 Å². The molecule has 0 spiro atoms. The summed E-state index contributed by atoms with van der Waals surface area (Å²) in [5, 5.41) is 0. The van der Waals surface area contributed by atoms with E-state index in [2.05, 4.69) is 6.92 Å². The Kier molecular flexibility index (Phi) is 6.58. The third kappa shape index (κ3) is 4.85. The quantitative estimate of drug-likeness (QED) is 0.517. The molecule has 146 valence electrons. The van der Waals surface area contributed by atoms with Crippen molar-refractivity contribution in [3.05, 3.63) is 71.3 Å². The van der Waals surface area contributed by atoms with Gasteiger partial charge in [0.15, 0.2) is 0 Å². The average Bonchev–Trinajstić information content (AvgIpc) is 2.99. The summed E-state index contributed by atoms with van der Waals surface area (Å²) >= 11 is 0. The maximum atomic E-state index is 12.5. The molecular weight excluding hydrogens is 354 g/mol. The summed E-state index contributed by atoms with van der Waals surface area (Å²) in [5.74, 6) is -1.58. The first-order valence-electron chi connectivity index (χ1n) is 9.72. The predicted molar refractivity (Wildman–Crippen MR) is 105 cm³/mol. The molecule has 1 aliphatic heterocycles. The van der Waals surface area contributed by atoms with Crippen LogP contribution in [0.2, 0.25) is 0 Å². The number of imide groups is 1. The molecule has 1 fully saturated rings. The third-order valence-electron chi connectivity index (χ3n) is 4.95. The van der Waals surface area contributed by atoms with Gasteiger partial charge in [0.2, 0.25) is 11.8 Å². The molecular formula is C23H25NO4. The Balaban J connectivity index is 1.53. The van der Waals surface area contributed by atoms with E-state index < -0.39 is 11.9 Å². The van der Waals surface area contributed by atoms with Crippen LogP contribution in [0.5, 0.6) is 0 Å². The van der Waals surface area contributed by atoms with Crippen LogP contribution >= 0.6 is 0 Å². The fourth-order valence-corrected chi connectivity index (χ4v) is 3.26. The molecule has 2 aromatic carbocycles. The van der Waals surface area contributed by atoms with Gasteiger partial charge in [0.05, 0.1) is 18.0 Å². The van der Waals surface area contributed by atoms with Crippen molar-refractivity contribution < 1.29 is 19.1 Å². The molecule has 0 bridgehead atoms. The molecule has 0 radical (unpaired) electrons. The molecule has 1 heterocycles. The number of carbonyl (C=O) groups excluding carboxylic acids is 3. The number of rotatable bonds is 8. The summed E-state index contributed by atoms with van der Waals surface area (Å²) in [6.45, 7) is 2.32. The molecule has 0 aromatic heterocycles. The van der Waals surface area contributed by atoms with E-state index in [1.807, 2.05) is 42.5 Å². The number of benzene rings is 2. The summed E-state index contributed by atoms with van der Waals surface area (Å²) in [6, 6.07) is 16.7. The number of amides is 2. The van der Waals surface area contributed by atoms with Crippen molar-refractivity contribution in [2.45, 2.75) is 39.2 Å². The largest absolute Gasteiger partial charge is 0.461 e. The summed E-state index contributed by atoms with van der Waals surface area (Å²) in [7, 11) is 0. The van der Waals surface area contributed by atoms with Gasteiger partial charge in [-0.1, -0.05) is 55.8 Å². The Morgan fingerprint density at radius 1 is 1.04 bits per heavy atom. The van der Waals surface area contributed by atoms with Crippen molar-refractivity contribution in [2.24, 2.45) is 5.92 Å². The van der Waals surface area contributed by atoms with Crippen molar-refractivity contribution in [3.8, 4) is 0 Å². The van der Waals surface area contributed by atoms with Crippen LogP contribution in [0.3, 0.4) is 0 Å². The Hall–Kier alpha value is -2.95. The number of unbranched alkanes of at least 4 members (excludes halogenated alkanes) is 1. The van der Waals surface area contributed by atoms with E-state index in [1.165, 1.54) is 10.5 Å². The van der Waals surface area contributed by atoms with Gasteiger partial charge >= 0.3 is 5.97 Å². The Morgan fingerprint density at radius 2 is 1.75 bits per heavy atom. The molecule has 0 aliphatic carbocycles.